The smallest absolute Gasteiger partial charge is 0.303 e. The molecule has 0 amide bonds. The first kappa shape index (κ1) is 11.1. The van der Waals surface area contributed by atoms with Crippen molar-refractivity contribution in [2.45, 2.75) is 19.8 Å². The van der Waals surface area contributed by atoms with E-state index in [4.69, 9.17) is 5.11 Å². The number of fused-ring (bicyclic) bond motifs is 1. The number of hydrogen-bond acceptors (Lipinski definition) is 3. The van der Waals surface area contributed by atoms with Gasteiger partial charge in [-0.2, -0.15) is 5.10 Å². The molecule has 0 saturated carbocycles. The van der Waals surface area contributed by atoms with Crippen molar-refractivity contribution in [2.75, 3.05) is 0 Å². The average molecular weight is 284 g/mol. The highest BCUT2D eigenvalue weighted by molar-refractivity contribution is 9.10. The van der Waals surface area contributed by atoms with Crippen molar-refractivity contribution >= 4 is 27.5 Å². The quantitative estimate of drug-likeness (QED) is 0.933. The topological polar surface area (TPSA) is 67.5 Å². The number of rotatable bonds is 3. The molecular weight excluding hydrogens is 274 g/mol. The van der Waals surface area contributed by atoms with E-state index >= 15 is 0 Å². The van der Waals surface area contributed by atoms with Gasteiger partial charge in [0.25, 0.3) is 0 Å². The van der Waals surface area contributed by atoms with Crippen molar-refractivity contribution in [3.05, 3.63) is 28.1 Å². The van der Waals surface area contributed by atoms with E-state index in [2.05, 4.69) is 26.0 Å². The summed E-state index contributed by atoms with van der Waals surface area (Å²) in [5, 5.41) is 12.8. The van der Waals surface area contributed by atoms with Crippen molar-refractivity contribution in [2.24, 2.45) is 0 Å². The summed E-state index contributed by atoms with van der Waals surface area (Å²) < 4.78 is 2.59. The Bertz CT molecular complexity index is 550. The van der Waals surface area contributed by atoms with Crippen LogP contribution in [0.1, 0.15) is 17.8 Å². The highest BCUT2D eigenvalue weighted by Gasteiger charge is 2.08. The second-order valence-electron chi connectivity index (χ2n) is 3.53. The number of pyridine rings is 1. The molecule has 5 nitrogen and oxygen atoms in total. The Morgan fingerprint density at radius 1 is 1.62 bits per heavy atom. The normalized spacial score (nSPS) is 10.9. The lowest BCUT2D eigenvalue weighted by molar-refractivity contribution is -0.137. The van der Waals surface area contributed by atoms with Gasteiger partial charge >= 0.3 is 5.97 Å². The minimum atomic E-state index is -0.836. The van der Waals surface area contributed by atoms with Gasteiger partial charge in [-0.05, 0) is 34.5 Å². The van der Waals surface area contributed by atoms with Crippen LogP contribution in [0.5, 0.6) is 0 Å². The van der Waals surface area contributed by atoms with Gasteiger partial charge in [-0.15, -0.1) is 0 Å². The Morgan fingerprint density at radius 2 is 2.38 bits per heavy atom. The largest absolute Gasteiger partial charge is 0.481 e. The van der Waals surface area contributed by atoms with E-state index in [9.17, 15) is 4.79 Å². The van der Waals surface area contributed by atoms with Gasteiger partial charge in [-0.3, -0.25) is 4.79 Å². The lowest BCUT2D eigenvalue weighted by Gasteiger charge is -1.96. The number of carbonyl (C=O) groups is 1. The molecule has 0 radical (unpaired) electrons. The lowest BCUT2D eigenvalue weighted by Crippen LogP contribution is -1.99. The van der Waals surface area contributed by atoms with Crippen LogP contribution in [-0.2, 0) is 11.2 Å². The van der Waals surface area contributed by atoms with Crippen LogP contribution in [0.4, 0.5) is 0 Å². The molecule has 84 valence electrons. The van der Waals surface area contributed by atoms with Crippen molar-refractivity contribution < 1.29 is 9.90 Å². The third kappa shape index (κ3) is 2.21. The standard InChI is InChI=1S/C10H10BrN3O2/c1-6-4-7(11)5-14-10(6)12-8(13-14)2-3-9(15)16/h4-5H,2-3H2,1H3,(H,15,16). The number of hydrogen-bond donors (Lipinski definition) is 1. The summed E-state index contributed by atoms with van der Waals surface area (Å²) in [5.74, 6) is -0.277. The van der Waals surface area contributed by atoms with E-state index in [1.54, 1.807) is 10.7 Å². The third-order valence-electron chi connectivity index (χ3n) is 2.19. The Balaban J connectivity index is 2.36. The molecule has 2 aromatic heterocycles. The average Bonchev–Trinajstić information content (AvgIpc) is 2.57. The molecular formula is C10H10BrN3O2. The maximum Gasteiger partial charge on any atom is 0.303 e. The molecule has 2 heterocycles. The van der Waals surface area contributed by atoms with Crippen LogP contribution in [0.3, 0.4) is 0 Å². The summed E-state index contributed by atoms with van der Waals surface area (Å²) in [6, 6.07) is 1.95. The zero-order valence-electron chi connectivity index (χ0n) is 8.64. The molecule has 0 aliphatic heterocycles. The highest BCUT2D eigenvalue weighted by atomic mass is 79.9. The number of aromatic nitrogens is 3. The molecule has 0 fully saturated rings. The van der Waals surface area contributed by atoms with Crippen LogP contribution in [0, 0.1) is 6.92 Å². The van der Waals surface area contributed by atoms with Crippen molar-refractivity contribution in [1.29, 1.82) is 0 Å². The fraction of sp³-hybridized carbons (Fsp3) is 0.300. The van der Waals surface area contributed by atoms with Gasteiger partial charge in [0.05, 0.1) is 6.42 Å². The summed E-state index contributed by atoms with van der Waals surface area (Å²) in [4.78, 5) is 14.7. The minimum Gasteiger partial charge on any atom is -0.481 e. The monoisotopic (exact) mass is 283 g/mol. The van der Waals surface area contributed by atoms with E-state index in [0.717, 1.165) is 15.7 Å². The predicted molar refractivity (Wildman–Crippen MR) is 61.4 cm³/mol. The zero-order chi connectivity index (χ0) is 11.7. The Morgan fingerprint density at radius 3 is 3.06 bits per heavy atom. The van der Waals surface area contributed by atoms with Gasteiger partial charge in [0, 0.05) is 17.1 Å². The van der Waals surface area contributed by atoms with E-state index in [1.807, 2.05) is 13.0 Å². The summed E-state index contributed by atoms with van der Waals surface area (Å²) in [6.45, 7) is 1.94. The lowest BCUT2D eigenvalue weighted by atomic mass is 10.3. The summed E-state index contributed by atoms with van der Waals surface area (Å²) >= 11 is 3.37. The fourth-order valence-electron chi connectivity index (χ4n) is 1.48. The van der Waals surface area contributed by atoms with Gasteiger partial charge < -0.3 is 5.11 Å². The minimum absolute atomic E-state index is 0.0527. The van der Waals surface area contributed by atoms with Crippen LogP contribution >= 0.6 is 15.9 Å². The van der Waals surface area contributed by atoms with Gasteiger partial charge in [0.1, 0.15) is 0 Å². The van der Waals surface area contributed by atoms with Crippen LogP contribution in [0.2, 0.25) is 0 Å². The van der Waals surface area contributed by atoms with Crippen LogP contribution in [0.25, 0.3) is 5.65 Å². The van der Waals surface area contributed by atoms with Gasteiger partial charge in [0.2, 0.25) is 0 Å². The molecule has 0 aliphatic rings. The number of aliphatic carboxylic acids is 1. The van der Waals surface area contributed by atoms with Gasteiger partial charge in [0.15, 0.2) is 11.5 Å². The van der Waals surface area contributed by atoms with E-state index in [1.165, 1.54) is 0 Å². The summed E-state index contributed by atoms with van der Waals surface area (Å²) in [6.07, 6.45) is 2.21. The Kier molecular flexibility index (Phi) is 2.91. The molecule has 1 N–H and O–H groups in total. The third-order valence-corrected chi connectivity index (χ3v) is 2.62. The van der Waals surface area contributed by atoms with Crippen LogP contribution in [0.15, 0.2) is 16.7 Å². The van der Waals surface area contributed by atoms with Crippen LogP contribution < -0.4 is 0 Å². The first-order valence-corrected chi connectivity index (χ1v) is 5.59. The van der Waals surface area contributed by atoms with E-state index < -0.39 is 5.97 Å². The number of aryl methyl sites for hydroxylation is 2. The molecule has 0 atom stereocenters. The molecule has 16 heavy (non-hydrogen) atoms. The maximum atomic E-state index is 10.4. The first-order chi connectivity index (χ1) is 7.56. The molecule has 0 spiro atoms. The van der Waals surface area contributed by atoms with Crippen molar-refractivity contribution in [1.82, 2.24) is 14.6 Å². The zero-order valence-corrected chi connectivity index (χ0v) is 10.2. The highest BCUT2D eigenvalue weighted by Crippen LogP contribution is 2.15. The first-order valence-electron chi connectivity index (χ1n) is 4.79. The number of carboxylic acids is 1. The second kappa shape index (κ2) is 4.21. The molecule has 0 bridgehead atoms. The molecule has 0 aromatic carbocycles. The summed E-state index contributed by atoms with van der Waals surface area (Å²) in [7, 11) is 0. The molecule has 0 saturated heterocycles. The molecule has 6 heteroatoms. The molecule has 2 rings (SSSR count). The number of carboxylic acid groups (broad SMARTS) is 1. The SMILES string of the molecule is Cc1cc(Br)cn2nc(CCC(=O)O)nc12. The molecule has 0 unspecified atom stereocenters. The maximum absolute atomic E-state index is 10.4. The number of nitrogens with zero attached hydrogens (tertiary/aromatic N) is 3. The predicted octanol–water partition coefficient (Wildman–Crippen LogP) is 1.82. The number of halogens is 1. The molecule has 0 aliphatic carbocycles. The molecule has 2 aromatic rings. The van der Waals surface area contributed by atoms with Gasteiger partial charge in [-0.25, -0.2) is 9.50 Å². The van der Waals surface area contributed by atoms with E-state index in [0.29, 0.717) is 12.2 Å². The Hall–Kier alpha value is -1.43. The summed E-state index contributed by atoms with van der Waals surface area (Å²) in [5.41, 5.74) is 1.77. The van der Waals surface area contributed by atoms with Gasteiger partial charge in [-0.1, -0.05) is 0 Å². The van der Waals surface area contributed by atoms with Crippen LogP contribution in [-0.4, -0.2) is 25.7 Å². The Labute approximate surface area is 100 Å². The fourth-order valence-corrected chi connectivity index (χ4v) is 2.01. The van der Waals surface area contributed by atoms with E-state index in [-0.39, 0.29) is 6.42 Å². The van der Waals surface area contributed by atoms with Crippen molar-refractivity contribution in [3.8, 4) is 0 Å². The second-order valence-corrected chi connectivity index (χ2v) is 4.45. The van der Waals surface area contributed by atoms with Crippen molar-refractivity contribution in [3.63, 3.8) is 0 Å².